The van der Waals surface area contributed by atoms with Gasteiger partial charge in [0.25, 0.3) is 0 Å². The summed E-state index contributed by atoms with van der Waals surface area (Å²) >= 11 is 7.08. The van der Waals surface area contributed by atoms with Crippen LogP contribution in [0, 0.1) is 5.82 Å². The van der Waals surface area contributed by atoms with Crippen molar-refractivity contribution in [1.29, 1.82) is 0 Å². The van der Waals surface area contributed by atoms with Crippen LogP contribution in [0.3, 0.4) is 0 Å². The number of thioether (sulfide) groups is 1. The largest absolute Gasteiger partial charge is 0.454 e. The topological polar surface area (TPSA) is 47.6 Å². The minimum absolute atomic E-state index is 0.0490. The van der Waals surface area contributed by atoms with E-state index < -0.39 is 5.82 Å². The number of rotatable bonds is 5. The van der Waals surface area contributed by atoms with Gasteiger partial charge in [-0.1, -0.05) is 17.7 Å². The van der Waals surface area contributed by atoms with Crippen molar-refractivity contribution >= 4 is 29.3 Å². The van der Waals surface area contributed by atoms with Crippen molar-refractivity contribution in [2.45, 2.75) is 23.6 Å². The van der Waals surface area contributed by atoms with Crippen molar-refractivity contribution in [2.75, 3.05) is 6.79 Å². The third-order valence-electron chi connectivity index (χ3n) is 3.48. The molecule has 0 spiro atoms. The second kappa shape index (κ2) is 7.32. The van der Waals surface area contributed by atoms with Gasteiger partial charge in [0.15, 0.2) is 11.5 Å². The van der Waals surface area contributed by atoms with Gasteiger partial charge in [0.05, 0.1) is 10.3 Å². The van der Waals surface area contributed by atoms with Crippen LogP contribution in [0.2, 0.25) is 5.02 Å². The number of carbonyl (C=O) groups excluding carboxylic acids is 1. The molecule has 7 heteroatoms. The van der Waals surface area contributed by atoms with Gasteiger partial charge in [0, 0.05) is 11.4 Å². The lowest BCUT2D eigenvalue weighted by Gasteiger charge is -2.12. The fourth-order valence-corrected chi connectivity index (χ4v) is 3.37. The minimum Gasteiger partial charge on any atom is -0.454 e. The highest BCUT2D eigenvalue weighted by atomic mass is 35.5. The smallest absolute Gasteiger partial charge is 0.233 e. The number of amides is 1. The molecule has 1 N–H and O–H groups in total. The summed E-state index contributed by atoms with van der Waals surface area (Å²) in [5.74, 6) is 0.811. The van der Waals surface area contributed by atoms with Crippen molar-refractivity contribution in [2.24, 2.45) is 0 Å². The molecule has 2 aromatic carbocycles. The average molecular weight is 368 g/mol. The van der Waals surface area contributed by atoms with Gasteiger partial charge in [-0.2, -0.15) is 0 Å². The monoisotopic (exact) mass is 367 g/mol. The maximum absolute atomic E-state index is 13.2. The maximum Gasteiger partial charge on any atom is 0.233 e. The molecule has 3 rings (SSSR count). The number of carbonyl (C=O) groups is 1. The van der Waals surface area contributed by atoms with E-state index in [1.165, 1.54) is 23.9 Å². The molecule has 1 amide bonds. The first-order valence-electron chi connectivity index (χ1n) is 7.31. The highest BCUT2D eigenvalue weighted by Crippen LogP contribution is 2.32. The Bertz CT molecular complexity index is 771. The number of halogens is 2. The molecule has 0 fully saturated rings. The Labute approximate surface area is 148 Å². The van der Waals surface area contributed by atoms with E-state index in [4.69, 9.17) is 21.1 Å². The van der Waals surface area contributed by atoms with Gasteiger partial charge in [-0.3, -0.25) is 4.79 Å². The molecule has 4 nitrogen and oxygen atoms in total. The van der Waals surface area contributed by atoms with Crippen LogP contribution >= 0.6 is 23.4 Å². The normalized spacial score (nSPS) is 13.6. The minimum atomic E-state index is -0.471. The first-order chi connectivity index (χ1) is 11.5. The fourth-order valence-electron chi connectivity index (χ4n) is 2.19. The highest BCUT2D eigenvalue weighted by molar-refractivity contribution is 8.00. The Morgan fingerprint density at radius 1 is 1.29 bits per heavy atom. The van der Waals surface area contributed by atoms with E-state index in [9.17, 15) is 9.18 Å². The van der Waals surface area contributed by atoms with E-state index in [0.29, 0.717) is 18.0 Å². The summed E-state index contributed by atoms with van der Waals surface area (Å²) in [6.07, 6.45) is 0. The van der Waals surface area contributed by atoms with Crippen LogP contribution in [0.4, 0.5) is 4.39 Å². The summed E-state index contributed by atoms with van der Waals surface area (Å²) in [6, 6.07) is 9.96. The van der Waals surface area contributed by atoms with E-state index in [0.717, 1.165) is 10.5 Å². The number of hydrogen-bond acceptors (Lipinski definition) is 4. The van der Waals surface area contributed by atoms with Crippen molar-refractivity contribution in [3.8, 4) is 11.5 Å². The number of fused-ring (bicyclic) bond motifs is 1. The quantitative estimate of drug-likeness (QED) is 0.811. The molecule has 1 atom stereocenters. The lowest BCUT2D eigenvalue weighted by molar-refractivity contribution is -0.120. The van der Waals surface area contributed by atoms with Gasteiger partial charge < -0.3 is 14.8 Å². The SMILES string of the molecule is CC(Sc1ccc(F)c(Cl)c1)C(=O)NCc1ccc2c(c1)OCO2. The Morgan fingerprint density at radius 3 is 2.88 bits per heavy atom. The first kappa shape index (κ1) is 16.9. The van der Waals surface area contributed by atoms with Gasteiger partial charge in [0.2, 0.25) is 12.7 Å². The molecule has 1 aliphatic rings. The van der Waals surface area contributed by atoms with E-state index in [-0.39, 0.29) is 23.0 Å². The van der Waals surface area contributed by atoms with Crippen molar-refractivity contribution < 1.29 is 18.7 Å². The predicted octanol–water partition coefficient (Wildman–Crippen LogP) is 4.00. The average Bonchev–Trinajstić information content (AvgIpc) is 3.03. The number of hydrogen-bond donors (Lipinski definition) is 1. The van der Waals surface area contributed by atoms with E-state index in [2.05, 4.69) is 5.32 Å². The van der Waals surface area contributed by atoms with Gasteiger partial charge in [-0.05, 0) is 42.8 Å². The van der Waals surface area contributed by atoms with E-state index in [1.54, 1.807) is 13.0 Å². The van der Waals surface area contributed by atoms with Gasteiger partial charge in [-0.25, -0.2) is 4.39 Å². The lowest BCUT2D eigenvalue weighted by Crippen LogP contribution is -2.30. The second-order valence-electron chi connectivity index (χ2n) is 5.24. The Hall–Kier alpha value is -1.92. The Balaban J connectivity index is 1.55. The summed E-state index contributed by atoms with van der Waals surface area (Å²) in [5.41, 5.74) is 0.926. The zero-order valence-electron chi connectivity index (χ0n) is 12.8. The van der Waals surface area contributed by atoms with Crippen LogP contribution in [-0.2, 0) is 11.3 Å². The van der Waals surface area contributed by atoms with E-state index >= 15 is 0 Å². The van der Waals surface area contributed by atoms with Gasteiger partial charge >= 0.3 is 0 Å². The van der Waals surface area contributed by atoms with Crippen LogP contribution < -0.4 is 14.8 Å². The third kappa shape index (κ3) is 3.94. The standard InChI is InChI=1S/C17H15ClFNO3S/c1-10(24-12-3-4-14(19)13(18)7-12)17(21)20-8-11-2-5-15-16(6-11)23-9-22-15/h2-7,10H,8-9H2,1H3,(H,20,21). The van der Waals surface area contributed by atoms with Crippen molar-refractivity contribution in [3.05, 3.63) is 52.8 Å². The second-order valence-corrected chi connectivity index (χ2v) is 7.06. The molecule has 24 heavy (non-hydrogen) atoms. The zero-order valence-corrected chi connectivity index (χ0v) is 14.4. The Morgan fingerprint density at radius 2 is 2.08 bits per heavy atom. The van der Waals surface area contributed by atoms with Crippen LogP contribution in [0.25, 0.3) is 0 Å². The Kier molecular flexibility index (Phi) is 5.16. The third-order valence-corrected chi connectivity index (χ3v) is 4.86. The van der Waals surface area contributed by atoms with E-state index in [1.807, 2.05) is 18.2 Å². The molecule has 0 radical (unpaired) electrons. The number of benzene rings is 2. The molecule has 1 heterocycles. The molecule has 0 aromatic heterocycles. The van der Waals surface area contributed by atoms with Gasteiger partial charge in [-0.15, -0.1) is 11.8 Å². The molecule has 0 aliphatic carbocycles. The number of ether oxygens (including phenoxy) is 2. The molecule has 1 aliphatic heterocycles. The summed E-state index contributed by atoms with van der Waals surface area (Å²) in [5, 5.41) is 2.59. The molecular weight excluding hydrogens is 353 g/mol. The fraction of sp³-hybridized carbons (Fsp3) is 0.235. The maximum atomic E-state index is 13.2. The van der Waals surface area contributed by atoms with Crippen molar-refractivity contribution in [3.63, 3.8) is 0 Å². The lowest BCUT2D eigenvalue weighted by atomic mass is 10.2. The molecule has 0 bridgehead atoms. The summed E-state index contributed by atoms with van der Waals surface area (Å²) in [7, 11) is 0. The summed E-state index contributed by atoms with van der Waals surface area (Å²) in [4.78, 5) is 13.0. The molecule has 126 valence electrons. The van der Waals surface area contributed by atoms with Crippen LogP contribution in [-0.4, -0.2) is 18.0 Å². The molecule has 0 saturated heterocycles. The predicted molar refractivity (Wildman–Crippen MR) is 91.1 cm³/mol. The molecule has 0 saturated carbocycles. The highest BCUT2D eigenvalue weighted by Gasteiger charge is 2.16. The molecule has 2 aromatic rings. The summed E-state index contributed by atoms with van der Waals surface area (Å²) < 4.78 is 23.7. The van der Waals surface area contributed by atoms with Crippen LogP contribution in [0.1, 0.15) is 12.5 Å². The zero-order chi connectivity index (χ0) is 17.1. The molecule has 1 unspecified atom stereocenters. The number of nitrogens with one attached hydrogen (secondary N) is 1. The molecular formula is C17H15ClFNO3S. The summed E-state index contributed by atoms with van der Waals surface area (Å²) in [6.45, 7) is 2.40. The van der Waals surface area contributed by atoms with Crippen molar-refractivity contribution in [1.82, 2.24) is 5.32 Å². The van der Waals surface area contributed by atoms with Crippen LogP contribution in [0.15, 0.2) is 41.3 Å². The van der Waals surface area contributed by atoms with Gasteiger partial charge in [0.1, 0.15) is 5.82 Å². The van der Waals surface area contributed by atoms with Crippen LogP contribution in [0.5, 0.6) is 11.5 Å². The first-order valence-corrected chi connectivity index (χ1v) is 8.56.